The van der Waals surface area contributed by atoms with Crippen LogP contribution >= 0.6 is 11.8 Å². The van der Waals surface area contributed by atoms with Gasteiger partial charge in [0, 0.05) is 19.0 Å². The molecule has 0 saturated carbocycles. The predicted octanol–water partition coefficient (Wildman–Crippen LogP) is 4.67. The molecule has 0 bridgehead atoms. The van der Waals surface area contributed by atoms with Crippen LogP contribution in [0.15, 0.2) is 83.1 Å². The zero-order valence-electron chi connectivity index (χ0n) is 22.9. The van der Waals surface area contributed by atoms with E-state index in [1.165, 1.54) is 28.9 Å². The van der Waals surface area contributed by atoms with Gasteiger partial charge in [0.25, 0.3) is 11.8 Å². The van der Waals surface area contributed by atoms with Crippen molar-refractivity contribution in [3.8, 4) is 5.75 Å². The highest BCUT2D eigenvalue weighted by atomic mass is 32.2. The van der Waals surface area contributed by atoms with Crippen LogP contribution in [-0.2, 0) is 18.4 Å². The molecule has 0 spiro atoms. The predicted molar refractivity (Wildman–Crippen MR) is 154 cm³/mol. The molecule has 1 aromatic heterocycles. The number of thioether (sulfide) groups is 1. The summed E-state index contributed by atoms with van der Waals surface area (Å²) in [6.07, 6.45) is 0.489. The fourth-order valence-corrected chi connectivity index (χ4v) is 5.29. The van der Waals surface area contributed by atoms with Gasteiger partial charge >= 0.3 is 0 Å². The first-order valence-corrected chi connectivity index (χ1v) is 14.0. The van der Waals surface area contributed by atoms with Gasteiger partial charge in [-0.1, -0.05) is 41.6 Å². The number of methoxy groups -OCH3 is 1. The summed E-state index contributed by atoms with van der Waals surface area (Å²) in [5, 5.41) is 18.0. The lowest BCUT2D eigenvalue weighted by atomic mass is 9.98. The Labute approximate surface area is 241 Å². The van der Waals surface area contributed by atoms with E-state index in [2.05, 4.69) is 20.6 Å². The highest BCUT2D eigenvalue weighted by Crippen LogP contribution is 2.34. The Morgan fingerprint density at radius 1 is 1.07 bits per heavy atom. The summed E-state index contributed by atoms with van der Waals surface area (Å²) >= 11 is 1.24. The number of carbonyl (C=O) groups is 2. The van der Waals surface area contributed by atoms with Crippen molar-refractivity contribution in [1.82, 2.24) is 25.1 Å². The maximum Gasteiger partial charge on any atom is 0.253 e. The molecule has 1 aliphatic rings. The zero-order chi connectivity index (χ0) is 28.9. The maximum atomic E-state index is 13.6. The van der Waals surface area contributed by atoms with Crippen molar-refractivity contribution < 1.29 is 18.7 Å². The summed E-state index contributed by atoms with van der Waals surface area (Å²) < 4.78 is 20.6. The van der Waals surface area contributed by atoms with Gasteiger partial charge < -0.3 is 14.6 Å². The van der Waals surface area contributed by atoms with Crippen LogP contribution in [0, 0.1) is 12.7 Å². The van der Waals surface area contributed by atoms with Crippen molar-refractivity contribution in [3.63, 3.8) is 0 Å². The number of rotatable bonds is 9. The molecule has 0 saturated heterocycles. The number of benzene rings is 3. The molecule has 9 nitrogen and oxygen atoms in total. The number of aromatic nitrogens is 3. The summed E-state index contributed by atoms with van der Waals surface area (Å²) in [5.74, 6) is 0.594. The normalized spacial score (nSPS) is 14.6. The fraction of sp³-hybridized carbons (Fsp3) is 0.233. The van der Waals surface area contributed by atoms with E-state index in [0.29, 0.717) is 23.0 Å². The number of hydrogen-bond acceptors (Lipinski definition) is 7. The second-order valence-electron chi connectivity index (χ2n) is 9.58. The second kappa shape index (κ2) is 12.3. The molecule has 41 heavy (non-hydrogen) atoms. The van der Waals surface area contributed by atoms with Crippen LogP contribution in [0.3, 0.4) is 0 Å². The van der Waals surface area contributed by atoms with Crippen LogP contribution in [0.25, 0.3) is 0 Å². The van der Waals surface area contributed by atoms with Gasteiger partial charge in [0.1, 0.15) is 11.6 Å². The number of ether oxygens (including phenoxy) is 1. The van der Waals surface area contributed by atoms with Crippen molar-refractivity contribution in [3.05, 3.63) is 107 Å². The van der Waals surface area contributed by atoms with Crippen molar-refractivity contribution >= 4 is 29.3 Å². The fourth-order valence-electron chi connectivity index (χ4n) is 4.51. The molecule has 0 radical (unpaired) electrons. The number of hydrazone groups is 1. The van der Waals surface area contributed by atoms with E-state index in [1.807, 2.05) is 49.4 Å². The van der Waals surface area contributed by atoms with Crippen molar-refractivity contribution in [2.24, 2.45) is 12.1 Å². The molecule has 210 valence electrons. The Morgan fingerprint density at radius 2 is 1.83 bits per heavy atom. The third-order valence-corrected chi connectivity index (χ3v) is 7.79. The molecule has 1 N–H and O–H groups in total. The first-order chi connectivity index (χ1) is 19.8. The molecule has 4 aromatic rings. The third kappa shape index (κ3) is 6.46. The SMILES string of the molecule is COc1ccc(C2=NN(C(=O)CSc3nnc(CNC(=O)c4cccc(C)c4)n3C)C(c3ccc(F)cc3)C2)cc1. The van der Waals surface area contributed by atoms with Crippen molar-refractivity contribution in [2.45, 2.75) is 31.1 Å². The average molecular weight is 573 g/mol. The van der Waals surface area contributed by atoms with Gasteiger partial charge in [-0.2, -0.15) is 5.10 Å². The lowest BCUT2D eigenvalue weighted by Gasteiger charge is -2.22. The lowest BCUT2D eigenvalue weighted by Crippen LogP contribution is -2.28. The van der Waals surface area contributed by atoms with Crippen molar-refractivity contribution in [1.29, 1.82) is 0 Å². The van der Waals surface area contributed by atoms with E-state index < -0.39 is 0 Å². The van der Waals surface area contributed by atoms with Crippen LogP contribution in [0.4, 0.5) is 4.39 Å². The summed E-state index contributed by atoms with van der Waals surface area (Å²) in [5.41, 5.74) is 4.00. The van der Waals surface area contributed by atoms with Gasteiger partial charge in [0.15, 0.2) is 11.0 Å². The average Bonchev–Trinajstić information content (AvgIpc) is 3.59. The minimum absolute atomic E-state index is 0.0682. The topological polar surface area (TPSA) is 102 Å². The van der Waals surface area contributed by atoms with Crippen LogP contribution in [0.1, 0.15) is 45.3 Å². The van der Waals surface area contributed by atoms with E-state index in [-0.39, 0.29) is 36.0 Å². The Balaban J connectivity index is 1.27. The van der Waals surface area contributed by atoms with Crippen LogP contribution in [-0.4, -0.2) is 50.2 Å². The Kier molecular flexibility index (Phi) is 8.44. The zero-order valence-corrected chi connectivity index (χ0v) is 23.7. The Hall–Kier alpha value is -4.51. The van der Waals surface area contributed by atoms with E-state index in [4.69, 9.17) is 4.74 Å². The molecule has 0 aliphatic carbocycles. The van der Waals surface area contributed by atoms with Gasteiger partial charge in [-0.25, -0.2) is 9.40 Å². The summed E-state index contributed by atoms with van der Waals surface area (Å²) in [7, 11) is 3.39. The molecule has 1 unspecified atom stereocenters. The van der Waals surface area contributed by atoms with Crippen molar-refractivity contribution in [2.75, 3.05) is 12.9 Å². The lowest BCUT2D eigenvalue weighted by molar-refractivity contribution is -0.130. The highest BCUT2D eigenvalue weighted by Gasteiger charge is 2.33. The Bertz CT molecular complexity index is 1590. The van der Waals surface area contributed by atoms with Crippen LogP contribution < -0.4 is 10.1 Å². The second-order valence-corrected chi connectivity index (χ2v) is 10.5. The third-order valence-electron chi connectivity index (χ3n) is 6.78. The first kappa shape index (κ1) is 28.0. The maximum absolute atomic E-state index is 13.6. The number of aryl methyl sites for hydroxylation is 1. The first-order valence-electron chi connectivity index (χ1n) is 13.0. The molecule has 2 heterocycles. The molecule has 1 atom stereocenters. The van der Waals surface area contributed by atoms with Crippen LogP contribution in [0.5, 0.6) is 5.75 Å². The molecule has 2 amide bonds. The summed E-state index contributed by atoms with van der Waals surface area (Å²) in [4.78, 5) is 26.0. The van der Waals surface area contributed by atoms with E-state index in [0.717, 1.165) is 28.2 Å². The molecule has 0 fully saturated rings. The quantitative estimate of drug-likeness (QED) is 0.293. The minimum atomic E-state index is -0.368. The van der Waals surface area contributed by atoms with Gasteiger partial charge in [-0.15, -0.1) is 10.2 Å². The van der Waals surface area contributed by atoms with Crippen LogP contribution in [0.2, 0.25) is 0 Å². The number of nitrogens with zero attached hydrogens (tertiary/aromatic N) is 5. The smallest absolute Gasteiger partial charge is 0.253 e. The minimum Gasteiger partial charge on any atom is -0.497 e. The van der Waals surface area contributed by atoms with E-state index in [1.54, 1.807) is 36.9 Å². The molecule has 1 aliphatic heterocycles. The van der Waals surface area contributed by atoms with Gasteiger partial charge in [-0.3, -0.25) is 9.59 Å². The number of amides is 2. The number of nitrogens with one attached hydrogen (secondary N) is 1. The standard InChI is InChI=1S/C30H29FN6O3S/c1-19-5-4-6-22(15-19)29(39)32-17-27-33-34-30(36(27)2)41-18-28(38)37-26(21-7-11-23(31)12-8-21)16-25(35-37)20-9-13-24(40-3)14-10-20/h4-15,26H,16-18H2,1-3H3,(H,32,39). The summed E-state index contributed by atoms with van der Waals surface area (Å²) in [6.45, 7) is 2.12. The monoisotopic (exact) mass is 572 g/mol. The number of hydrogen-bond donors (Lipinski definition) is 1. The number of carbonyl (C=O) groups excluding carboxylic acids is 2. The molecule has 3 aromatic carbocycles. The highest BCUT2D eigenvalue weighted by molar-refractivity contribution is 7.99. The number of halogens is 1. The van der Waals surface area contributed by atoms with E-state index >= 15 is 0 Å². The summed E-state index contributed by atoms with van der Waals surface area (Å²) in [6, 6.07) is 20.6. The van der Waals surface area contributed by atoms with Gasteiger partial charge in [-0.05, 0) is 66.6 Å². The molecular formula is C30H29FN6O3S. The molecule has 5 rings (SSSR count). The van der Waals surface area contributed by atoms with E-state index in [9.17, 15) is 14.0 Å². The molecule has 11 heteroatoms. The molecular weight excluding hydrogens is 543 g/mol. The Morgan fingerprint density at radius 3 is 2.54 bits per heavy atom. The van der Waals surface area contributed by atoms with Gasteiger partial charge in [0.2, 0.25) is 0 Å². The largest absolute Gasteiger partial charge is 0.497 e. The van der Waals surface area contributed by atoms with Gasteiger partial charge in [0.05, 0.1) is 31.2 Å².